The Bertz CT molecular complexity index is 3090. The zero-order valence-electron chi connectivity index (χ0n) is 27.9. The maximum atomic E-state index is 6.54. The van der Waals surface area contributed by atoms with E-state index < -0.39 is 0 Å². The first kappa shape index (κ1) is 29.1. The van der Waals surface area contributed by atoms with Crippen molar-refractivity contribution in [2.45, 2.75) is 0 Å². The SMILES string of the molecule is c1ccc(N(c2ccccc2)c2ccc3oc4cccc(-c5cccc6c5sc5cccc(-c7ccc8c(c7)oc7ccccc78)c56)c4c3c2)cc1. The van der Waals surface area contributed by atoms with E-state index in [4.69, 9.17) is 8.83 Å². The first-order valence-corrected chi connectivity index (χ1v) is 18.3. The summed E-state index contributed by atoms with van der Waals surface area (Å²) in [6.45, 7) is 0. The number of rotatable bonds is 5. The molecule has 0 aliphatic carbocycles. The highest BCUT2D eigenvalue weighted by atomic mass is 32.1. The van der Waals surface area contributed by atoms with Gasteiger partial charge >= 0.3 is 0 Å². The van der Waals surface area contributed by atoms with E-state index in [1.165, 1.54) is 36.9 Å². The molecule has 4 heteroatoms. The summed E-state index contributed by atoms with van der Waals surface area (Å²) in [5, 5.41) is 7.03. The zero-order chi connectivity index (χ0) is 34.2. The van der Waals surface area contributed by atoms with Gasteiger partial charge in [0.05, 0.1) is 0 Å². The van der Waals surface area contributed by atoms with Crippen molar-refractivity contribution in [2.75, 3.05) is 4.90 Å². The monoisotopic (exact) mass is 683 g/mol. The average Bonchev–Trinajstić information content (AvgIpc) is 3.89. The van der Waals surface area contributed by atoms with E-state index in [-0.39, 0.29) is 0 Å². The molecular formula is C48H29NO2S. The van der Waals surface area contributed by atoms with E-state index in [2.05, 4.69) is 169 Å². The van der Waals surface area contributed by atoms with Crippen LogP contribution in [0.1, 0.15) is 0 Å². The van der Waals surface area contributed by atoms with Gasteiger partial charge in [0.2, 0.25) is 0 Å². The van der Waals surface area contributed by atoms with Gasteiger partial charge < -0.3 is 13.7 Å². The summed E-state index contributed by atoms with van der Waals surface area (Å²) in [7, 11) is 0. The lowest BCUT2D eigenvalue weighted by atomic mass is 9.95. The normalized spacial score (nSPS) is 11.8. The Balaban J connectivity index is 1.11. The number of fused-ring (bicyclic) bond motifs is 9. The number of para-hydroxylation sites is 3. The van der Waals surface area contributed by atoms with E-state index in [1.54, 1.807) is 0 Å². The second-order valence-electron chi connectivity index (χ2n) is 13.2. The van der Waals surface area contributed by atoms with Crippen LogP contribution in [0.4, 0.5) is 17.1 Å². The Morgan fingerprint density at radius 3 is 1.85 bits per heavy atom. The zero-order valence-corrected chi connectivity index (χ0v) is 28.7. The Morgan fingerprint density at radius 1 is 0.365 bits per heavy atom. The summed E-state index contributed by atoms with van der Waals surface area (Å²) >= 11 is 1.86. The van der Waals surface area contributed by atoms with Gasteiger partial charge in [0.15, 0.2) is 0 Å². The van der Waals surface area contributed by atoms with E-state index in [1.807, 2.05) is 23.5 Å². The van der Waals surface area contributed by atoms with Crippen LogP contribution in [0.2, 0.25) is 0 Å². The predicted octanol–water partition coefficient (Wildman–Crippen LogP) is 14.7. The molecule has 0 aliphatic heterocycles. The third kappa shape index (κ3) is 4.45. The first-order valence-electron chi connectivity index (χ1n) is 17.5. The molecule has 0 N–H and O–H groups in total. The van der Waals surface area contributed by atoms with Crippen molar-refractivity contribution in [2.24, 2.45) is 0 Å². The molecule has 8 aromatic carbocycles. The van der Waals surface area contributed by atoms with Crippen LogP contribution in [0, 0.1) is 0 Å². The van der Waals surface area contributed by atoms with E-state index in [9.17, 15) is 0 Å². The number of thiophene rings is 1. The fourth-order valence-corrected chi connectivity index (χ4v) is 9.23. The van der Waals surface area contributed by atoms with Crippen LogP contribution >= 0.6 is 11.3 Å². The number of furan rings is 2. The summed E-state index contributed by atoms with van der Waals surface area (Å²) in [5.41, 5.74) is 11.6. The largest absolute Gasteiger partial charge is 0.456 e. The van der Waals surface area contributed by atoms with Crippen LogP contribution in [0.5, 0.6) is 0 Å². The van der Waals surface area contributed by atoms with Gasteiger partial charge in [0.1, 0.15) is 22.3 Å². The molecule has 0 saturated carbocycles. The lowest BCUT2D eigenvalue weighted by Gasteiger charge is -2.25. The number of hydrogen-bond donors (Lipinski definition) is 0. The molecule has 3 heterocycles. The molecule has 11 aromatic rings. The van der Waals surface area contributed by atoms with Crippen LogP contribution < -0.4 is 4.90 Å². The quantitative estimate of drug-likeness (QED) is 0.181. The smallest absolute Gasteiger partial charge is 0.136 e. The minimum Gasteiger partial charge on any atom is -0.456 e. The van der Waals surface area contributed by atoms with Gasteiger partial charge in [0.25, 0.3) is 0 Å². The van der Waals surface area contributed by atoms with Gasteiger partial charge in [-0.15, -0.1) is 11.3 Å². The van der Waals surface area contributed by atoms with Gasteiger partial charge in [-0.2, -0.15) is 0 Å². The highest BCUT2D eigenvalue weighted by molar-refractivity contribution is 7.26. The standard InChI is InChI=1S/C48H29NO2S/c1-3-12-31(13-4-1)49(32-14-5-2-6-15-32)33-25-27-42-40(29-33)46-37(18-10-22-43(46)50-42)38-19-9-20-39-47-34(17-11-23-45(47)52-48(38)39)30-24-26-36-35-16-7-8-21-41(35)51-44(36)28-30/h1-29H. The lowest BCUT2D eigenvalue weighted by molar-refractivity contribution is 0.668. The second kappa shape index (κ2) is 11.5. The van der Waals surface area contributed by atoms with Crippen molar-refractivity contribution in [3.05, 3.63) is 176 Å². The molecule has 0 bridgehead atoms. The van der Waals surface area contributed by atoms with E-state index in [0.717, 1.165) is 66.5 Å². The summed E-state index contributed by atoms with van der Waals surface area (Å²) in [6.07, 6.45) is 0. The lowest BCUT2D eigenvalue weighted by Crippen LogP contribution is -2.09. The van der Waals surface area contributed by atoms with Gasteiger partial charge in [-0.25, -0.2) is 0 Å². The van der Waals surface area contributed by atoms with Crippen molar-refractivity contribution in [3.8, 4) is 22.3 Å². The van der Waals surface area contributed by atoms with Gasteiger partial charge in [-0.3, -0.25) is 0 Å². The summed E-state index contributed by atoms with van der Waals surface area (Å²) < 4.78 is 15.4. The molecule has 0 amide bonds. The Labute approximate surface area is 303 Å². The Kier molecular flexibility index (Phi) is 6.42. The van der Waals surface area contributed by atoms with Crippen LogP contribution in [0.25, 0.3) is 86.3 Å². The molecule has 244 valence electrons. The third-order valence-corrected chi connectivity index (χ3v) is 11.5. The van der Waals surface area contributed by atoms with E-state index >= 15 is 0 Å². The highest BCUT2D eigenvalue weighted by Crippen LogP contribution is 2.47. The highest BCUT2D eigenvalue weighted by Gasteiger charge is 2.20. The number of benzene rings is 8. The molecule has 0 atom stereocenters. The minimum atomic E-state index is 0.874. The fraction of sp³-hybridized carbons (Fsp3) is 0. The van der Waals surface area contributed by atoms with Crippen molar-refractivity contribution in [1.82, 2.24) is 0 Å². The number of nitrogens with zero attached hydrogens (tertiary/aromatic N) is 1. The number of anilines is 3. The molecular weight excluding hydrogens is 655 g/mol. The molecule has 0 radical (unpaired) electrons. The topological polar surface area (TPSA) is 29.5 Å². The van der Waals surface area contributed by atoms with Gasteiger partial charge in [0, 0.05) is 64.3 Å². The summed E-state index contributed by atoms with van der Waals surface area (Å²) in [6, 6.07) is 62.3. The van der Waals surface area contributed by atoms with Crippen molar-refractivity contribution >= 4 is 92.4 Å². The molecule has 3 aromatic heterocycles. The molecule has 11 rings (SSSR count). The Hall–Kier alpha value is -6.62. The Morgan fingerprint density at radius 2 is 1.00 bits per heavy atom. The second-order valence-corrected chi connectivity index (χ2v) is 14.3. The average molecular weight is 684 g/mol. The van der Waals surface area contributed by atoms with Crippen molar-refractivity contribution in [3.63, 3.8) is 0 Å². The summed E-state index contributed by atoms with van der Waals surface area (Å²) in [4.78, 5) is 2.30. The number of hydrogen-bond acceptors (Lipinski definition) is 4. The predicted molar refractivity (Wildman–Crippen MR) is 219 cm³/mol. The maximum Gasteiger partial charge on any atom is 0.136 e. The molecule has 52 heavy (non-hydrogen) atoms. The third-order valence-electron chi connectivity index (χ3n) is 10.3. The fourth-order valence-electron chi connectivity index (χ4n) is 7.97. The van der Waals surface area contributed by atoms with Gasteiger partial charge in [-0.1, -0.05) is 103 Å². The molecule has 0 saturated heterocycles. The molecule has 0 spiro atoms. The molecule has 0 unspecified atom stereocenters. The van der Waals surface area contributed by atoms with Crippen LogP contribution in [-0.2, 0) is 0 Å². The molecule has 3 nitrogen and oxygen atoms in total. The maximum absolute atomic E-state index is 6.54. The van der Waals surface area contributed by atoms with Crippen LogP contribution in [0.15, 0.2) is 185 Å². The van der Waals surface area contributed by atoms with Crippen molar-refractivity contribution in [1.29, 1.82) is 0 Å². The first-order chi connectivity index (χ1) is 25.8. The van der Waals surface area contributed by atoms with Gasteiger partial charge in [-0.05, 0) is 89.5 Å². The van der Waals surface area contributed by atoms with E-state index in [0.29, 0.717) is 0 Å². The van der Waals surface area contributed by atoms with Crippen LogP contribution in [-0.4, -0.2) is 0 Å². The van der Waals surface area contributed by atoms with Crippen LogP contribution in [0.3, 0.4) is 0 Å². The summed E-state index contributed by atoms with van der Waals surface area (Å²) in [5.74, 6) is 0. The minimum absolute atomic E-state index is 0.874. The molecule has 0 fully saturated rings. The van der Waals surface area contributed by atoms with Crippen molar-refractivity contribution < 1.29 is 8.83 Å². The molecule has 0 aliphatic rings.